The summed E-state index contributed by atoms with van der Waals surface area (Å²) in [5.74, 6) is 7.16. The smallest absolute Gasteiger partial charge is 0.331 e. The molecule has 10 saturated carbocycles. The number of ether oxygens (including phenoxy) is 4. The van der Waals surface area contributed by atoms with E-state index in [0.717, 1.165) is 59.5 Å². The Kier molecular flexibility index (Phi) is 17.4. The van der Waals surface area contributed by atoms with E-state index in [9.17, 15) is 19.8 Å². The lowest BCUT2D eigenvalue weighted by atomic mass is 9.41. The molecule has 12 rings (SSSR count). The first kappa shape index (κ1) is 66.0. The van der Waals surface area contributed by atoms with Gasteiger partial charge >= 0.3 is 11.9 Å². The first-order valence-electron chi connectivity index (χ1n) is 35.7. The molecule has 2 aromatic carbocycles. The van der Waals surface area contributed by atoms with E-state index < -0.39 is 0 Å². The van der Waals surface area contributed by atoms with Crippen molar-refractivity contribution in [3.05, 3.63) is 83.5 Å². The maximum Gasteiger partial charge on any atom is 0.331 e. The molecule has 2 aromatic rings. The summed E-state index contributed by atoms with van der Waals surface area (Å²) in [6, 6.07) is 10.2. The average molecular weight is 1220 g/mol. The molecule has 10 aliphatic carbocycles. The van der Waals surface area contributed by atoms with Gasteiger partial charge in [-0.1, -0.05) is 119 Å². The van der Waals surface area contributed by atoms with E-state index in [1.165, 1.54) is 166 Å². The molecule has 490 valence electrons. The summed E-state index contributed by atoms with van der Waals surface area (Å²) in [6.07, 6.45) is 37.6. The fraction of sp³-hybridized carbons (Fsp3) is 0.728. The van der Waals surface area contributed by atoms with E-state index in [4.69, 9.17) is 18.9 Å². The van der Waals surface area contributed by atoms with Gasteiger partial charge in [-0.2, -0.15) is 0 Å². The predicted molar refractivity (Wildman–Crippen MR) is 361 cm³/mol. The van der Waals surface area contributed by atoms with Crippen molar-refractivity contribution in [3.8, 4) is 23.0 Å². The number of phenolic OH excluding ortho intramolecular Hbond substituents is 2. The average Bonchev–Trinajstić information content (AvgIpc) is 1.49. The molecule has 0 bridgehead atoms. The van der Waals surface area contributed by atoms with Crippen molar-refractivity contribution in [1.82, 2.24) is 0 Å². The van der Waals surface area contributed by atoms with Crippen LogP contribution < -0.4 is 9.47 Å². The Morgan fingerprint density at radius 2 is 0.944 bits per heavy atom. The highest BCUT2D eigenvalue weighted by molar-refractivity contribution is 5.88. The minimum absolute atomic E-state index is 0.0305. The number of fused-ring (bicyclic) bond motifs is 4. The number of allylic oxidation sites excluding steroid dienone is 3. The second-order valence-corrected chi connectivity index (χ2v) is 34.6. The van der Waals surface area contributed by atoms with E-state index in [0.29, 0.717) is 72.6 Å². The molecule has 2 N–H and O–H groups in total. The third-order valence-electron chi connectivity index (χ3n) is 30.3. The standard InChI is InChI=1S/C41H60O4.C40H58O4/c1-26(2)27(3)10-11-28(4)30-18-20-39(8)34-16-15-33-37(5,6)35(19-21-40(33)25-41(34,40)23-22-38(30,39)7)45-36(43)17-13-29-12-14-31(42)32(24-29)44-9;1-26(2)10-9-11-27(3)29-18-20-38(7)33-16-15-32-36(4,5)34(19-21-39(32)25-40(33,39)23-22-37(29,38)6)44-35(42)17-13-28-12-14-30(41)31(24-28)43-8/h12-14,17,24,26,28,30,33-35,42H,3,10-11,15-16,18-23,25H2,1-2,4-9H3;10,12-14,17,24,27,29,32-34,41H,9,11,15-16,18-23,25H2,1-8H3/b2*17-13+/t28-,30-,33+,34+,35+,38-,39+,40-,41-;27-,29-,32+,33+,34+,37-,38+,39-,40-/m11/s1. The lowest BCUT2D eigenvalue weighted by Crippen LogP contribution is -2.58. The number of hydrogen-bond acceptors (Lipinski definition) is 8. The molecular formula is C81H118O8. The van der Waals surface area contributed by atoms with Crippen molar-refractivity contribution in [2.75, 3.05) is 14.2 Å². The quantitative estimate of drug-likeness (QED) is 0.0915. The molecule has 89 heavy (non-hydrogen) atoms. The van der Waals surface area contributed by atoms with Gasteiger partial charge in [0.25, 0.3) is 0 Å². The fourth-order valence-corrected chi connectivity index (χ4v) is 25.0. The summed E-state index contributed by atoms with van der Waals surface area (Å²) in [5, 5.41) is 19.8. The number of esters is 2. The van der Waals surface area contributed by atoms with Crippen LogP contribution in [0.4, 0.5) is 0 Å². The molecule has 0 aromatic heterocycles. The minimum atomic E-state index is -0.278. The third kappa shape index (κ3) is 10.5. The molecule has 4 spiro atoms. The molecule has 0 radical (unpaired) electrons. The van der Waals surface area contributed by atoms with Crippen LogP contribution in [0.5, 0.6) is 23.0 Å². The molecule has 8 nitrogen and oxygen atoms in total. The number of carbonyl (C=O) groups excluding carboxylic acids is 2. The van der Waals surface area contributed by atoms with Crippen LogP contribution in [0.3, 0.4) is 0 Å². The van der Waals surface area contributed by atoms with E-state index in [-0.39, 0.29) is 46.5 Å². The predicted octanol–water partition coefficient (Wildman–Crippen LogP) is 20.5. The Labute approximate surface area is 538 Å². The lowest BCUT2D eigenvalue weighted by molar-refractivity contribution is -0.179. The Morgan fingerprint density at radius 3 is 1.35 bits per heavy atom. The molecule has 0 heterocycles. The van der Waals surface area contributed by atoms with Gasteiger partial charge in [-0.25, -0.2) is 9.59 Å². The monoisotopic (exact) mass is 1220 g/mol. The Bertz CT molecular complexity index is 3100. The van der Waals surface area contributed by atoms with Gasteiger partial charge in [-0.3, -0.25) is 0 Å². The number of methoxy groups -OCH3 is 2. The van der Waals surface area contributed by atoms with Gasteiger partial charge in [0, 0.05) is 23.0 Å². The zero-order valence-electron chi connectivity index (χ0n) is 58.3. The van der Waals surface area contributed by atoms with Crippen LogP contribution in [-0.2, 0) is 19.1 Å². The van der Waals surface area contributed by atoms with Crippen molar-refractivity contribution in [3.63, 3.8) is 0 Å². The van der Waals surface area contributed by atoms with E-state index >= 15 is 0 Å². The SMILES string of the molecule is C=C(CC[C@@H](C)[C@H]1CC[C@@]2(C)[C@@H]3CC[C@H]4C(C)(C)[C@@H](OC(=O)/C=C/c5ccc(O)c(OC)c5)CC[C@@]45C[C@]35CC[C@]12C)C(C)C.COc1cc(/C=C/C(=O)O[C@H]2CC[C@]34C[C@@]35CC[C@]3(C)[C@@H]([C@H](C)CCC=C(C)C)CC[C@@]3(C)[C@@H]5CC[C@H]4C2(C)C)ccc1O. The second-order valence-electron chi connectivity index (χ2n) is 34.6. The highest BCUT2D eigenvalue weighted by atomic mass is 16.5. The van der Waals surface area contributed by atoms with Crippen LogP contribution in [0.2, 0.25) is 0 Å². The summed E-state index contributed by atoms with van der Waals surface area (Å²) in [7, 11) is 3.05. The normalized spacial score (nSPS) is 40.4. The molecule has 0 unspecified atom stereocenters. The van der Waals surface area contributed by atoms with Gasteiger partial charge in [-0.15, -0.1) is 0 Å². The molecule has 0 aliphatic heterocycles. The van der Waals surface area contributed by atoms with Crippen molar-refractivity contribution in [2.45, 2.75) is 250 Å². The number of rotatable bonds is 17. The number of phenols is 2. The lowest BCUT2D eigenvalue weighted by Gasteiger charge is -2.63. The van der Waals surface area contributed by atoms with Crippen LogP contribution in [0, 0.1) is 107 Å². The molecule has 0 saturated heterocycles. The highest BCUT2D eigenvalue weighted by Gasteiger charge is 2.84. The molecule has 18 atom stereocenters. The van der Waals surface area contributed by atoms with Crippen molar-refractivity contribution >= 4 is 24.1 Å². The maximum atomic E-state index is 13.1. The van der Waals surface area contributed by atoms with Gasteiger partial charge in [0.1, 0.15) is 12.2 Å². The summed E-state index contributed by atoms with van der Waals surface area (Å²) < 4.78 is 22.9. The van der Waals surface area contributed by atoms with Crippen molar-refractivity contribution in [2.24, 2.45) is 107 Å². The first-order valence-corrected chi connectivity index (χ1v) is 35.7. The molecule has 8 heteroatoms. The zero-order chi connectivity index (χ0) is 64.3. The minimum Gasteiger partial charge on any atom is -0.504 e. The largest absolute Gasteiger partial charge is 0.504 e. The van der Waals surface area contributed by atoms with Crippen LogP contribution in [0.15, 0.2) is 72.4 Å². The molecule has 10 aliphatic rings. The topological polar surface area (TPSA) is 112 Å². The molecular weight excluding hydrogens is 1100 g/mol. The van der Waals surface area contributed by atoms with Crippen LogP contribution in [-0.4, -0.2) is 48.6 Å². The summed E-state index contributed by atoms with van der Waals surface area (Å²) in [5.41, 5.74) is 8.06. The van der Waals surface area contributed by atoms with E-state index in [2.05, 4.69) is 110 Å². The van der Waals surface area contributed by atoms with Crippen molar-refractivity contribution < 1.29 is 38.7 Å². The summed E-state index contributed by atoms with van der Waals surface area (Å²) in [6.45, 7) is 39.0. The number of carbonyl (C=O) groups is 2. The zero-order valence-corrected chi connectivity index (χ0v) is 58.3. The van der Waals surface area contributed by atoms with Crippen LogP contribution in [0.25, 0.3) is 12.2 Å². The molecule has 0 amide bonds. The maximum absolute atomic E-state index is 13.1. The van der Waals surface area contributed by atoms with Crippen molar-refractivity contribution in [1.29, 1.82) is 0 Å². The number of benzene rings is 2. The van der Waals surface area contributed by atoms with Gasteiger partial charge in [-0.05, 0) is 299 Å². The highest BCUT2D eigenvalue weighted by Crippen LogP contribution is 2.91. The van der Waals surface area contributed by atoms with Gasteiger partial charge in [0.15, 0.2) is 23.0 Å². The Balaban J connectivity index is 0.000000184. The third-order valence-corrected chi connectivity index (χ3v) is 30.3. The van der Waals surface area contributed by atoms with Gasteiger partial charge in [0.2, 0.25) is 0 Å². The fourth-order valence-electron chi connectivity index (χ4n) is 25.0. The molecule has 10 fully saturated rings. The van der Waals surface area contributed by atoms with Gasteiger partial charge < -0.3 is 29.2 Å². The van der Waals surface area contributed by atoms with Gasteiger partial charge in [0.05, 0.1) is 14.2 Å². The Morgan fingerprint density at radius 1 is 0.539 bits per heavy atom. The van der Waals surface area contributed by atoms with E-state index in [1.54, 1.807) is 48.6 Å². The van der Waals surface area contributed by atoms with Crippen LogP contribution in [0.1, 0.15) is 249 Å². The first-order chi connectivity index (χ1) is 41.9. The van der Waals surface area contributed by atoms with Crippen LogP contribution >= 0.6 is 0 Å². The van der Waals surface area contributed by atoms with E-state index in [1.807, 2.05) is 0 Å². The number of aromatic hydroxyl groups is 2. The Hall–Kier alpha value is -4.46. The summed E-state index contributed by atoms with van der Waals surface area (Å²) in [4.78, 5) is 26.1. The summed E-state index contributed by atoms with van der Waals surface area (Å²) >= 11 is 0. The second kappa shape index (κ2) is 23.5. The number of hydrogen-bond donors (Lipinski definition) is 2.